The Kier molecular flexibility index (Phi) is 4.11. The number of hydrogen-bond donors (Lipinski definition) is 1. The second-order valence-electron chi connectivity index (χ2n) is 6.58. The van der Waals surface area contributed by atoms with E-state index in [9.17, 15) is 0 Å². The van der Waals surface area contributed by atoms with Gasteiger partial charge in [0.25, 0.3) is 0 Å². The molecule has 0 saturated carbocycles. The molecule has 6 rings (SSSR count). The molecular weight excluding hydrogens is 344 g/mol. The second kappa shape index (κ2) is 7.05. The van der Waals surface area contributed by atoms with E-state index in [2.05, 4.69) is 40.6 Å². The highest BCUT2D eigenvalue weighted by atomic mass is 16.5. The molecule has 0 bridgehead atoms. The molecule has 3 heteroatoms. The molecule has 1 aliphatic rings. The highest BCUT2D eigenvalue weighted by Gasteiger charge is 2.13. The number of rotatable bonds is 0. The molecule has 0 saturated heterocycles. The van der Waals surface area contributed by atoms with Crippen molar-refractivity contribution in [3.8, 4) is 11.5 Å². The van der Waals surface area contributed by atoms with Crippen LogP contribution in [0.3, 0.4) is 0 Å². The number of aromatic nitrogens is 1. The minimum absolute atomic E-state index is 0.881. The summed E-state index contributed by atoms with van der Waals surface area (Å²) in [5.74, 6) is 1.76. The first kappa shape index (κ1) is 16.3. The number of anilines is 2. The van der Waals surface area contributed by atoms with E-state index >= 15 is 0 Å². The summed E-state index contributed by atoms with van der Waals surface area (Å²) in [6.07, 6.45) is 1.93. The largest absolute Gasteiger partial charge is 0.453 e. The van der Waals surface area contributed by atoms with Gasteiger partial charge in [0.05, 0.1) is 16.9 Å². The van der Waals surface area contributed by atoms with Crippen molar-refractivity contribution < 1.29 is 4.74 Å². The fourth-order valence-electron chi connectivity index (χ4n) is 3.39. The monoisotopic (exact) mass is 362 g/mol. The molecule has 2 heterocycles. The Balaban J connectivity index is 0.000000122. The molecule has 1 aromatic heterocycles. The summed E-state index contributed by atoms with van der Waals surface area (Å²) in [6.45, 7) is 0. The SMILES string of the molecule is c1ccc2c(c1)Nc1ccccc1O2.c1ccc2c(c1)cnc1ccccc12. The van der Waals surface area contributed by atoms with E-state index < -0.39 is 0 Å². The van der Waals surface area contributed by atoms with E-state index in [1.54, 1.807) is 0 Å². The lowest BCUT2D eigenvalue weighted by atomic mass is 10.1. The lowest BCUT2D eigenvalue weighted by Gasteiger charge is -2.20. The molecule has 0 radical (unpaired) electrons. The first-order valence-electron chi connectivity index (χ1n) is 9.24. The van der Waals surface area contributed by atoms with Crippen molar-refractivity contribution in [2.45, 2.75) is 0 Å². The molecule has 0 fully saturated rings. The van der Waals surface area contributed by atoms with Gasteiger partial charge in [-0.2, -0.15) is 0 Å². The predicted octanol–water partition coefficient (Wildman–Crippen LogP) is 6.92. The number of ether oxygens (including phenoxy) is 1. The van der Waals surface area contributed by atoms with Crippen LogP contribution in [0.15, 0.2) is 103 Å². The van der Waals surface area contributed by atoms with Crippen molar-refractivity contribution in [3.63, 3.8) is 0 Å². The van der Waals surface area contributed by atoms with Gasteiger partial charge in [0.1, 0.15) is 0 Å². The van der Waals surface area contributed by atoms with E-state index in [0.717, 1.165) is 28.4 Å². The molecule has 0 atom stereocenters. The zero-order valence-corrected chi connectivity index (χ0v) is 15.2. The third-order valence-corrected chi connectivity index (χ3v) is 4.76. The number of fused-ring (bicyclic) bond motifs is 5. The van der Waals surface area contributed by atoms with Crippen LogP contribution in [0.25, 0.3) is 21.7 Å². The fraction of sp³-hybridized carbons (Fsp3) is 0. The molecule has 1 N–H and O–H groups in total. The van der Waals surface area contributed by atoms with Crippen molar-refractivity contribution in [2.75, 3.05) is 5.32 Å². The van der Waals surface area contributed by atoms with Crippen molar-refractivity contribution in [3.05, 3.63) is 103 Å². The molecule has 0 amide bonds. The number of nitrogens with one attached hydrogen (secondary N) is 1. The van der Waals surface area contributed by atoms with Crippen LogP contribution in [0.5, 0.6) is 11.5 Å². The summed E-state index contributed by atoms with van der Waals surface area (Å²) in [6, 6.07) is 32.4. The van der Waals surface area contributed by atoms with Crippen LogP contribution >= 0.6 is 0 Å². The third-order valence-electron chi connectivity index (χ3n) is 4.76. The highest BCUT2D eigenvalue weighted by Crippen LogP contribution is 2.40. The zero-order chi connectivity index (χ0) is 18.8. The summed E-state index contributed by atoms with van der Waals surface area (Å²) in [7, 11) is 0. The van der Waals surface area contributed by atoms with Gasteiger partial charge in [0, 0.05) is 17.0 Å². The average Bonchev–Trinajstić information content (AvgIpc) is 2.78. The molecule has 0 unspecified atom stereocenters. The minimum Gasteiger partial charge on any atom is -0.453 e. The summed E-state index contributed by atoms with van der Waals surface area (Å²) in [4.78, 5) is 4.41. The van der Waals surface area contributed by atoms with Gasteiger partial charge in [-0.15, -0.1) is 0 Å². The van der Waals surface area contributed by atoms with Crippen LogP contribution in [-0.4, -0.2) is 4.98 Å². The van der Waals surface area contributed by atoms with Crippen molar-refractivity contribution in [1.82, 2.24) is 4.98 Å². The predicted molar refractivity (Wildman–Crippen MR) is 115 cm³/mol. The topological polar surface area (TPSA) is 34.1 Å². The lowest BCUT2D eigenvalue weighted by Crippen LogP contribution is -2.01. The summed E-state index contributed by atoms with van der Waals surface area (Å²) in [5, 5.41) is 7.02. The summed E-state index contributed by atoms with van der Waals surface area (Å²) < 4.78 is 5.71. The van der Waals surface area contributed by atoms with Crippen LogP contribution in [-0.2, 0) is 0 Å². The number of nitrogens with zero attached hydrogens (tertiary/aromatic N) is 1. The lowest BCUT2D eigenvalue weighted by molar-refractivity contribution is 0.481. The third kappa shape index (κ3) is 3.03. The van der Waals surface area contributed by atoms with E-state index in [-0.39, 0.29) is 0 Å². The molecule has 28 heavy (non-hydrogen) atoms. The van der Waals surface area contributed by atoms with Gasteiger partial charge in [-0.1, -0.05) is 66.7 Å². The standard InChI is InChI=1S/C13H9N.C12H9NO/c1-2-6-11-10(5-1)9-14-13-8-4-3-7-12(11)13;1-3-7-11-9(5-1)13-10-6-2-4-8-12(10)14-11/h1-9H;1-8,13H. The Morgan fingerprint density at radius 2 is 1.14 bits per heavy atom. The number of para-hydroxylation sites is 5. The first-order valence-corrected chi connectivity index (χ1v) is 9.24. The second-order valence-corrected chi connectivity index (χ2v) is 6.58. The Morgan fingerprint density at radius 3 is 1.89 bits per heavy atom. The van der Waals surface area contributed by atoms with E-state index in [4.69, 9.17) is 4.74 Å². The van der Waals surface area contributed by atoms with Crippen molar-refractivity contribution in [2.24, 2.45) is 0 Å². The molecule has 5 aromatic rings. The first-order chi connectivity index (χ1) is 13.9. The molecule has 134 valence electrons. The maximum Gasteiger partial charge on any atom is 0.150 e. The van der Waals surface area contributed by atoms with Crippen LogP contribution in [0.2, 0.25) is 0 Å². The van der Waals surface area contributed by atoms with E-state index in [1.807, 2.05) is 72.9 Å². The minimum atomic E-state index is 0.881. The zero-order valence-electron chi connectivity index (χ0n) is 15.2. The molecule has 3 nitrogen and oxygen atoms in total. The van der Waals surface area contributed by atoms with Gasteiger partial charge in [-0.05, 0) is 35.7 Å². The van der Waals surface area contributed by atoms with Crippen LogP contribution in [0.1, 0.15) is 0 Å². The molecule has 0 spiro atoms. The highest BCUT2D eigenvalue weighted by molar-refractivity contribution is 6.05. The maximum atomic E-state index is 5.71. The number of benzene rings is 4. The van der Waals surface area contributed by atoms with E-state index in [1.165, 1.54) is 16.2 Å². The fourth-order valence-corrected chi connectivity index (χ4v) is 3.39. The summed E-state index contributed by atoms with van der Waals surface area (Å²) >= 11 is 0. The molecule has 0 aliphatic carbocycles. The smallest absolute Gasteiger partial charge is 0.150 e. The van der Waals surface area contributed by atoms with Crippen LogP contribution < -0.4 is 10.1 Å². The molecule has 1 aliphatic heterocycles. The molecule has 4 aromatic carbocycles. The van der Waals surface area contributed by atoms with Crippen molar-refractivity contribution >= 4 is 33.1 Å². The average molecular weight is 362 g/mol. The van der Waals surface area contributed by atoms with Gasteiger partial charge >= 0.3 is 0 Å². The van der Waals surface area contributed by atoms with Gasteiger partial charge in [0.15, 0.2) is 11.5 Å². The molecular formula is C25H18N2O. The Bertz CT molecular complexity index is 1140. The van der Waals surface area contributed by atoms with Crippen LogP contribution in [0.4, 0.5) is 11.4 Å². The van der Waals surface area contributed by atoms with Gasteiger partial charge < -0.3 is 10.1 Å². The summed E-state index contributed by atoms with van der Waals surface area (Å²) in [5.41, 5.74) is 3.10. The quantitative estimate of drug-likeness (QED) is 0.298. The van der Waals surface area contributed by atoms with Crippen molar-refractivity contribution in [1.29, 1.82) is 0 Å². The van der Waals surface area contributed by atoms with Gasteiger partial charge in [-0.3, -0.25) is 4.98 Å². The number of pyridine rings is 1. The Hall–Kier alpha value is -3.85. The maximum absolute atomic E-state index is 5.71. The Morgan fingerprint density at radius 1 is 0.571 bits per heavy atom. The number of hydrogen-bond acceptors (Lipinski definition) is 3. The van der Waals surface area contributed by atoms with Gasteiger partial charge in [-0.25, -0.2) is 0 Å². The normalized spacial score (nSPS) is 11.4. The van der Waals surface area contributed by atoms with E-state index in [0.29, 0.717) is 0 Å². The Labute approximate surface area is 163 Å². The van der Waals surface area contributed by atoms with Gasteiger partial charge in [0.2, 0.25) is 0 Å². The van der Waals surface area contributed by atoms with Crippen LogP contribution in [0, 0.1) is 0 Å².